The average Bonchev–Trinajstić information content (AvgIpc) is 2.80. The lowest BCUT2D eigenvalue weighted by Crippen LogP contribution is -1.99. The Hall–Kier alpha value is -2.55. The van der Waals surface area contributed by atoms with E-state index in [-0.39, 0.29) is 5.95 Å². The van der Waals surface area contributed by atoms with E-state index in [2.05, 4.69) is 60.2 Å². The van der Waals surface area contributed by atoms with Crippen molar-refractivity contribution in [3.8, 4) is 22.5 Å². The lowest BCUT2D eigenvalue weighted by Gasteiger charge is -2.07. The molecule has 3 aromatic rings. The van der Waals surface area contributed by atoms with Gasteiger partial charge < -0.3 is 0 Å². The summed E-state index contributed by atoms with van der Waals surface area (Å²) in [5, 5.41) is 0. The number of aryl methyl sites for hydroxylation is 2. The van der Waals surface area contributed by atoms with Gasteiger partial charge in [-0.3, -0.25) is 0 Å². The number of halogens is 1. The Bertz CT molecular complexity index is 917. The number of unbranched alkanes of at least 4 members (excludes halogenated alkanes) is 6. The van der Waals surface area contributed by atoms with Crippen LogP contribution in [-0.2, 0) is 12.8 Å². The minimum Gasteiger partial charge on any atom is -0.236 e. The van der Waals surface area contributed by atoms with E-state index in [0.29, 0.717) is 17.8 Å². The Labute approximate surface area is 187 Å². The van der Waals surface area contributed by atoms with E-state index < -0.39 is 0 Å². The van der Waals surface area contributed by atoms with Crippen molar-refractivity contribution in [2.45, 2.75) is 78.1 Å². The Morgan fingerprint density at radius 2 is 1.23 bits per heavy atom. The fraction of sp³-hybridized carbons (Fsp3) is 0.429. The molecule has 0 atom stereocenters. The molecule has 0 bridgehead atoms. The molecule has 31 heavy (non-hydrogen) atoms. The average molecular weight is 419 g/mol. The fourth-order valence-corrected chi connectivity index (χ4v) is 3.93. The monoisotopic (exact) mass is 418 g/mol. The van der Waals surface area contributed by atoms with Crippen LogP contribution in [0.3, 0.4) is 0 Å². The topological polar surface area (TPSA) is 25.8 Å². The van der Waals surface area contributed by atoms with Crippen LogP contribution in [-0.4, -0.2) is 9.97 Å². The zero-order chi connectivity index (χ0) is 21.9. The smallest absolute Gasteiger partial charge is 0.219 e. The van der Waals surface area contributed by atoms with Crippen LogP contribution in [0.25, 0.3) is 22.5 Å². The Morgan fingerprint density at radius 1 is 0.645 bits per heavy atom. The summed E-state index contributed by atoms with van der Waals surface area (Å²) >= 11 is 0. The van der Waals surface area contributed by atoms with Crippen molar-refractivity contribution in [1.82, 2.24) is 9.97 Å². The van der Waals surface area contributed by atoms with Crippen LogP contribution in [0.5, 0.6) is 0 Å². The van der Waals surface area contributed by atoms with Crippen molar-refractivity contribution >= 4 is 0 Å². The molecule has 0 saturated heterocycles. The van der Waals surface area contributed by atoms with Gasteiger partial charge in [0.15, 0.2) is 5.82 Å². The Balaban J connectivity index is 1.57. The molecule has 3 heteroatoms. The first-order valence-electron chi connectivity index (χ1n) is 11.9. The molecule has 1 heterocycles. The number of rotatable bonds is 12. The van der Waals surface area contributed by atoms with Crippen molar-refractivity contribution in [3.05, 3.63) is 71.8 Å². The van der Waals surface area contributed by atoms with Crippen LogP contribution in [0, 0.1) is 5.95 Å². The summed E-state index contributed by atoms with van der Waals surface area (Å²) in [7, 11) is 0. The molecule has 0 fully saturated rings. The van der Waals surface area contributed by atoms with E-state index in [1.807, 2.05) is 12.1 Å². The molecule has 0 spiro atoms. The van der Waals surface area contributed by atoms with E-state index in [0.717, 1.165) is 36.8 Å². The molecule has 3 rings (SSSR count). The Morgan fingerprint density at radius 3 is 1.84 bits per heavy atom. The van der Waals surface area contributed by atoms with Crippen LogP contribution in [0.1, 0.15) is 76.3 Å². The summed E-state index contributed by atoms with van der Waals surface area (Å²) in [4.78, 5) is 8.57. The number of aromatic nitrogens is 2. The maximum Gasteiger partial charge on any atom is 0.219 e. The predicted molar refractivity (Wildman–Crippen MR) is 129 cm³/mol. The fourth-order valence-electron chi connectivity index (χ4n) is 3.93. The second-order valence-electron chi connectivity index (χ2n) is 8.41. The van der Waals surface area contributed by atoms with E-state index >= 15 is 0 Å². The van der Waals surface area contributed by atoms with Gasteiger partial charge in [0.25, 0.3) is 0 Å². The van der Waals surface area contributed by atoms with Crippen molar-refractivity contribution in [2.75, 3.05) is 0 Å². The molecule has 0 radical (unpaired) electrons. The van der Waals surface area contributed by atoms with Crippen LogP contribution in [0.4, 0.5) is 4.39 Å². The van der Waals surface area contributed by atoms with Gasteiger partial charge in [0.05, 0.1) is 0 Å². The van der Waals surface area contributed by atoms with Gasteiger partial charge in [-0.05, 0) is 36.0 Å². The first kappa shape index (κ1) is 23.1. The number of nitrogens with zero attached hydrogens (tertiary/aromatic N) is 2. The van der Waals surface area contributed by atoms with Crippen LogP contribution in [0.2, 0.25) is 0 Å². The van der Waals surface area contributed by atoms with Crippen LogP contribution < -0.4 is 0 Å². The molecule has 0 saturated carbocycles. The molecule has 0 aliphatic heterocycles. The third kappa shape index (κ3) is 6.99. The molecular weight excluding hydrogens is 383 g/mol. The molecule has 0 unspecified atom stereocenters. The van der Waals surface area contributed by atoms with E-state index in [9.17, 15) is 4.39 Å². The molecular formula is C28H35FN2. The summed E-state index contributed by atoms with van der Waals surface area (Å²) in [6.45, 7) is 4.42. The van der Waals surface area contributed by atoms with Crippen molar-refractivity contribution < 1.29 is 4.39 Å². The quantitative estimate of drug-likeness (QED) is 0.219. The van der Waals surface area contributed by atoms with Gasteiger partial charge >= 0.3 is 0 Å². The van der Waals surface area contributed by atoms with E-state index in [4.69, 9.17) is 0 Å². The molecule has 0 aliphatic carbocycles. The lowest BCUT2D eigenvalue weighted by atomic mass is 10.0. The van der Waals surface area contributed by atoms with Gasteiger partial charge in [-0.25, -0.2) is 4.98 Å². The van der Waals surface area contributed by atoms with Crippen molar-refractivity contribution in [3.63, 3.8) is 0 Å². The summed E-state index contributed by atoms with van der Waals surface area (Å²) in [6, 6.07) is 16.8. The molecule has 164 valence electrons. The van der Waals surface area contributed by atoms with Gasteiger partial charge in [-0.1, -0.05) is 107 Å². The molecule has 0 N–H and O–H groups in total. The minimum atomic E-state index is -0.383. The highest BCUT2D eigenvalue weighted by atomic mass is 19.1. The Kier molecular flexibility index (Phi) is 9.20. The van der Waals surface area contributed by atoms with Crippen LogP contribution in [0.15, 0.2) is 54.7 Å². The largest absolute Gasteiger partial charge is 0.236 e. The third-order valence-electron chi connectivity index (χ3n) is 5.83. The highest BCUT2D eigenvalue weighted by molar-refractivity contribution is 5.67. The van der Waals surface area contributed by atoms with E-state index in [1.54, 1.807) is 6.20 Å². The second kappa shape index (κ2) is 12.3. The van der Waals surface area contributed by atoms with Crippen molar-refractivity contribution in [1.29, 1.82) is 0 Å². The van der Waals surface area contributed by atoms with Crippen molar-refractivity contribution in [2.24, 2.45) is 0 Å². The zero-order valence-electron chi connectivity index (χ0n) is 19.0. The normalized spacial score (nSPS) is 11.1. The predicted octanol–water partition coefficient (Wildman–Crippen LogP) is 8.20. The second-order valence-corrected chi connectivity index (χ2v) is 8.41. The highest BCUT2D eigenvalue weighted by Crippen LogP contribution is 2.24. The standard InChI is InChI=1S/C28H35FN2/c1-3-5-6-7-8-9-10-12-26-21-30-28(31-27(26)29)25-19-17-24(18-20-25)23-15-13-22(11-4-2)14-16-23/h13-21H,3-12H2,1-2H3. The van der Waals surface area contributed by atoms with E-state index in [1.165, 1.54) is 43.2 Å². The van der Waals surface area contributed by atoms with Gasteiger partial charge in [0.1, 0.15) is 0 Å². The maximum atomic E-state index is 14.5. The molecule has 2 aromatic carbocycles. The number of benzene rings is 2. The zero-order valence-corrected chi connectivity index (χ0v) is 19.0. The van der Waals surface area contributed by atoms with Crippen LogP contribution >= 0.6 is 0 Å². The third-order valence-corrected chi connectivity index (χ3v) is 5.83. The van der Waals surface area contributed by atoms with Gasteiger partial charge in [0, 0.05) is 17.3 Å². The minimum absolute atomic E-state index is 0.383. The summed E-state index contributed by atoms with van der Waals surface area (Å²) in [5.74, 6) is 0.0669. The maximum absolute atomic E-state index is 14.5. The summed E-state index contributed by atoms with van der Waals surface area (Å²) in [6.07, 6.45) is 13.2. The summed E-state index contributed by atoms with van der Waals surface area (Å²) in [5.41, 5.74) is 5.16. The van der Waals surface area contributed by atoms with Gasteiger partial charge in [-0.15, -0.1) is 0 Å². The highest BCUT2D eigenvalue weighted by Gasteiger charge is 2.09. The molecule has 0 amide bonds. The molecule has 1 aromatic heterocycles. The van der Waals surface area contributed by atoms with Gasteiger partial charge in [-0.2, -0.15) is 9.37 Å². The SMILES string of the molecule is CCCCCCCCCc1cnc(-c2ccc(-c3ccc(CCC)cc3)cc2)nc1F. The number of hydrogen-bond donors (Lipinski definition) is 0. The first-order chi connectivity index (χ1) is 15.2. The van der Waals surface area contributed by atoms with Gasteiger partial charge in [0.2, 0.25) is 5.95 Å². The first-order valence-corrected chi connectivity index (χ1v) is 11.9. The summed E-state index contributed by atoms with van der Waals surface area (Å²) < 4.78 is 14.5. The number of hydrogen-bond acceptors (Lipinski definition) is 2. The molecule has 2 nitrogen and oxygen atoms in total. The molecule has 0 aliphatic rings. The lowest BCUT2D eigenvalue weighted by molar-refractivity contribution is 0.547.